The predicted octanol–water partition coefficient (Wildman–Crippen LogP) is 0.984. The molecular formula is C10H14F3NO4S. The van der Waals surface area contributed by atoms with Crippen LogP contribution in [-0.2, 0) is 14.3 Å². The summed E-state index contributed by atoms with van der Waals surface area (Å²) in [7, 11) is 0. The molecule has 0 aromatic carbocycles. The van der Waals surface area contributed by atoms with Crippen LogP contribution in [-0.4, -0.2) is 65.4 Å². The van der Waals surface area contributed by atoms with E-state index < -0.39 is 30.7 Å². The number of hydrogen-bond donors (Lipinski definition) is 1. The molecule has 0 aromatic rings. The third kappa shape index (κ3) is 5.68. The average Bonchev–Trinajstić information content (AvgIpc) is 2.33. The Balaban J connectivity index is 2.37. The molecular weight excluding hydrogens is 287 g/mol. The highest BCUT2D eigenvalue weighted by atomic mass is 32.2. The quantitative estimate of drug-likeness (QED) is 0.767. The lowest BCUT2D eigenvalue weighted by atomic mass is 10.2. The molecule has 1 atom stereocenters. The number of rotatable bonds is 5. The molecule has 0 aliphatic carbocycles. The molecule has 0 aromatic heterocycles. The van der Waals surface area contributed by atoms with Crippen molar-refractivity contribution in [2.24, 2.45) is 0 Å². The van der Waals surface area contributed by atoms with Gasteiger partial charge in [0, 0.05) is 18.1 Å². The number of alkyl halides is 3. The Labute approximate surface area is 112 Å². The van der Waals surface area contributed by atoms with Crippen LogP contribution in [0.1, 0.15) is 6.42 Å². The Morgan fingerprint density at radius 3 is 2.68 bits per heavy atom. The van der Waals surface area contributed by atoms with Gasteiger partial charge in [0.05, 0.1) is 13.0 Å². The van der Waals surface area contributed by atoms with Crippen molar-refractivity contribution >= 4 is 23.6 Å². The number of amides is 1. The maximum atomic E-state index is 11.8. The number of aliphatic carboxylic acids is 1. The van der Waals surface area contributed by atoms with E-state index in [1.807, 2.05) is 0 Å². The fourth-order valence-corrected chi connectivity index (χ4v) is 2.64. The third-order valence-corrected chi connectivity index (χ3v) is 3.48. The van der Waals surface area contributed by atoms with Crippen molar-refractivity contribution in [2.45, 2.75) is 18.6 Å². The summed E-state index contributed by atoms with van der Waals surface area (Å²) in [5.41, 5.74) is 0. The van der Waals surface area contributed by atoms with E-state index in [-0.39, 0.29) is 13.0 Å². The van der Waals surface area contributed by atoms with Gasteiger partial charge in [-0.05, 0) is 0 Å². The SMILES string of the molecule is O=C(O)C1CSCCN1C(=O)CCOCC(F)(F)F. The van der Waals surface area contributed by atoms with Gasteiger partial charge in [0.1, 0.15) is 12.6 Å². The van der Waals surface area contributed by atoms with E-state index in [1.165, 1.54) is 16.7 Å². The number of carboxylic acid groups (broad SMARTS) is 1. The first-order valence-corrected chi connectivity index (χ1v) is 6.71. The largest absolute Gasteiger partial charge is 0.480 e. The standard InChI is InChI=1S/C10H14F3NO4S/c11-10(12,13)6-18-3-1-8(15)14-2-4-19-5-7(14)9(16)17/h7H,1-6H2,(H,16,17). The summed E-state index contributed by atoms with van der Waals surface area (Å²) >= 11 is 1.43. The van der Waals surface area contributed by atoms with Crippen molar-refractivity contribution < 1.29 is 32.6 Å². The molecule has 1 amide bonds. The molecule has 1 aliphatic rings. The molecule has 1 fully saturated rings. The van der Waals surface area contributed by atoms with Crippen LogP contribution in [0.25, 0.3) is 0 Å². The summed E-state index contributed by atoms with van der Waals surface area (Å²) in [6.45, 7) is -1.48. The van der Waals surface area contributed by atoms with Crippen LogP contribution in [0.2, 0.25) is 0 Å². The number of halogens is 3. The Morgan fingerprint density at radius 2 is 2.11 bits per heavy atom. The van der Waals surface area contributed by atoms with Crippen LogP contribution < -0.4 is 0 Å². The van der Waals surface area contributed by atoms with Crippen molar-refractivity contribution in [1.82, 2.24) is 4.90 Å². The first-order chi connectivity index (χ1) is 8.81. The van der Waals surface area contributed by atoms with Crippen LogP contribution in [0, 0.1) is 0 Å². The zero-order valence-corrected chi connectivity index (χ0v) is 10.8. The summed E-state index contributed by atoms with van der Waals surface area (Å²) in [5, 5.41) is 8.95. The molecule has 1 rings (SSSR count). The molecule has 110 valence electrons. The van der Waals surface area contributed by atoms with Gasteiger partial charge in [-0.3, -0.25) is 4.79 Å². The van der Waals surface area contributed by atoms with E-state index in [0.717, 1.165) is 0 Å². The van der Waals surface area contributed by atoms with Gasteiger partial charge in [-0.2, -0.15) is 24.9 Å². The van der Waals surface area contributed by atoms with Gasteiger partial charge in [-0.25, -0.2) is 4.79 Å². The van der Waals surface area contributed by atoms with Crippen LogP contribution in [0.5, 0.6) is 0 Å². The van der Waals surface area contributed by atoms with Crippen molar-refractivity contribution in [3.63, 3.8) is 0 Å². The van der Waals surface area contributed by atoms with Crippen molar-refractivity contribution in [3.8, 4) is 0 Å². The summed E-state index contributed by atoms with van der Waals surface area (Å²) in [6.07, 6.45) is -4.67. The summed E-state index contributed by atoms with van der Waals surface area (Å²) in [5.74, 6) is -0.671. The highest BCUT2D eigenvalue weighted by Crippen LogP contribution is 2.18. The van der Waals surface area contributed by atoms with E-state index in [9.17, 15) is 22.8 Å². The molecule has 1 saturated heterocycles. The fourth-order valence-electron chi connectivity index (χ4n) is 1.60. The lowest BCUT2D eigenvalue weighted by molar-refractivity contribution is -0.175. The van der Waals surface area contributed by atoms with Crippen molar-refractivity contribution in [3.05, 3.63) is 0 Å². The number of thioether (sulfide) groups is 1. The number of carbonyl (C=O) groups excluding carboxylic acids is 1. The average molecular weight is 301 g/mol. The van der Waals surface area contributed by atoms with E-state index >= 15 is 0 Å². The molecule has 0 saturated carbocycles. The zero-order valence-electron chi connectivity index (χ0n) is 9.98. The third-order valence-electron chi connectivity index (χ3n) is 2.46. The highest BCUT2D eigenvalue weighted by Gasteiger charge is 2.32. The molecule has 1 N–H and O–H groups in total. The van der Waals surface area contributed by atoms with Gasteiger partial charge >= 0.3 is 12.1 Å². The maximum Gasteiger partial charge on any atom is 0.411 e. The minimum Gasteiger partial charge on any atom is -0.480 e. The zero-order chi connectivity index (χ0) is 14.5. The molecule has 1 heterocycles. The highest BCUT2D eigenvalue weighted by molar-refractivity contribution is 7.99. The summed E-state index contributed by atoms with van der Waals surface area (Å²) in [4.78, 5) is 23.9. The number of hydrogen-bond acceptors (Lipinski definition) is 4. The first-order valence-electron chi connectivity index (χ1n) is 5.56. The maximum absolute atomic E-state index is 11.8. The topological polar surface area (TPSA) is 66.8 Å². The number of ether oxygens (including phenoxy) is 1. The number of carboxylic acids is 1. The van der Waals surface area contributed by atoms with E-state index in [0.29, 0.717) is 18.1 Å². The lowest BCUT2D eigenvalue weighted by Gasteiger charge is -2.32. The Morgan fingerprint density at radius 1 is 1.42 bits per heavy atom. The Kier molecular flexibility index (Phi) is 5.92. The number of carbonyl (C=O) groups is 2. The van der Waals surface area contributed by atoms with Gasteiger partial charge in [0.2, 0.25) is 5.91 Å². The normalized spacial score (nSPS) is 20.4. The van der Waals surface area contributed by atoms with Crippen LogP contribution >= 0.6 is 11.8 Å². The Hall–Kier alpha value is -0.960. The lowest BCUT2D eigenvalue weighted by Crippen LogP contribution is -2.50. The van der Waals surface area contributed by atoms with Crippen LogP contribution in [0.4, 0.5) is 13.2 Å². The van der Waals surface area contributed by atoms with E-state index in [2.05, 4.69) is 4.74 Å². The van der Waals surface area contributed by atoms with Crippen LogP contribution in [0.3, 0.4) is 0 Å². The fraction of sp³-hybridized carbons (Fsp3) is 0.800. The van der Waals surface area contributed by atoms with Gasteiger partial charge in [0.25, 0.3) is 0 Å². The van der Waals surface area contributed by atoms with Gasteiger partial charge in [-0.15, -0.1) is 0 Å². The van der Waals surface area contributed by atoms with Crippen LogP contribution in [0.15, 0.2) is 0 Å². The van der Waals surface area contributed by atoms with Gasteiger partial charge < -0.3 is 14.7 Å². The predicted molar refractivity (Wildman–Crippen MR) is 62.0 cm³/mol. The molecule has 0 radical (unpaired) electrons. The van der Waals surface area contributed by atoms with E-state index in [4.69, 9.17) is 5.11 Å². The van der Waals surface area contributed by atoms with Gasteiger partial charge in [-0.1, -0.05) is 0 Å². The summed E-state index contributed by atoms with van der Waals surface area (Å²) < 4.78 is 39.7. The molecule has 19 heavy (non-hydrogen) atoms. The van der Waals surface area contributed by atoms with Gasteiger partial charge in [0.15, 0.2) is 0 Å². The summed E-state index contributed by atoms with van der Waals surface area (Å²) in [6, 6.07) is -0.908. The first kappa shape index (κ1) is 16.1. The second kappa shape index (κ2) is 6.99. The molecule has 5 nitrogen and oxygen atoms in total. The molecule has 0 spiro atoms. The second-order valence-corrected chi connectivity index (χ2v) is 5.08. The minimum absolute atomic E-state index is 0.246. The molecule has 1 aliphatic heterocycles. The minimum atomic E-state index is -4.42. The second-order valence-electron chi connectivity index (χ2n) is 3.93. The molecule has 0 bridgehead atoms. The number of nitrogens with zero attached hydrogens (tertiary/aromatic N) is 1. The smallest absolute Gasteiger partial charge is 0.411 e. The monoisotopic (exact) mass is 301 g/mol. The Bertz CT molecular complexity index is 337. The van der Waals surface area contributed by atoms with Crippen molar-refractivity contribution in [1.29, 1.82) is 0 Å². The van der Waals surface area contributed by atoms with Crippen molar-refractivity contribution in [2.75, 3.05) is 31.3 Å². The molecule has 9 heteroatoms. The molecule has 1 unspecified atom stereocenters. The van der Waals surface area contributed by atoms with E-state index in [1.54, 1.807) is 0 Å².